The number of carbonyl (C=O) groups is 1. The Morgan fingerprint density at radius 1 is 1.44 bits per heavy atom. The van der Waals surface area contributed by atoms with Gasteiger partial charge in [0.05, 0.1) is 12.6 Å². The molecular formula is C15H21NO2. The van der Waals surface area contributed by atoms with Gasteiger partial charge in [0.2, 0.25) is 0 Å². The maximum atomic E-state index is 12.0. The number of ether oxygens (including phenoxy) is 1. The van der Waals surface area contributed by atoms with Crippen LogP contribution in [0.2, 0.25) is 0 Å². The van der Waals surface area contributed by atoms with E-state index in [0.29, 0.717) is 6.54 Å². The van der Waals surface area contributed by atoms with Crippen molar-refractivity contribution >= 4 is 5.78 Å². The summed E-state index contributed by atoms with van der Waals surface area (Å²) in [6.07, 6.45) is 2.74. The van der Waals surface area contributed by atoms with E-state index in [1.807, 2.05) is 38.1 Å². The third-order valence-corrected chi connectivity index (χ3v) is 2.94. The van der Waals surface area contributed by atoms with Crippen LogP contribution >= 0.6 is 0 Å². The predicted octanol–water partition coefficient (Wildman–Crippen LogP) is 2.66. The van der Waals surface area contributed by atoms with Crippen LogP contribution in [-0.4, -0.2) is 25.0 Å². The van der Waals surface area contributed by atoms with Gasteiger partial charge in [-0.05, 0) is 51.3 Å². The summed E-state index contributed by atoms with van der Waals surface area (Å²) in [6, 6.07) is 7.41. The highest BCUT2D eigenvalue weighted by molar-refractivity contribution is 5.97. The lowest BCUT2D eigenvalue weighted by Gasteiger charge is -2.10. The molecule has 0 saturated heterocycles. The molecule has 98 valence electrons. The standard InChI is InChI=1S/C15H21NO2/c1-11(2)18-14-5-3-4-13(8-14)15(17)10-16-9-12-6-7-12/h3-5,8,11-12,16H,6-7,9-10H2,1-2H3. The Bertz CT molecular complexity index is 411. The molecular weight excluding hydrogens is 226 g/mol. The number of hydrogen-bond acceptors (Lipinski definition) is 3. The second-order valence-electron chi connectivity index (χ2n) is 5.19. The SMILES string of the molecule is CC(C)Oc1cccc(C(=O)CNCC2CC2)c1. The fourth-order valence-corrected chi connectivity index (χ4v) is 1.83. The smallest absolute Gasteiger partial charge is 0.176 e. The van der Waals surface area contributed by atoms with E-state index in [2.05, 4.69) is 5.32 Å². The van der Waals surface area contributed by atoms with E-state index in [0.717, 1.165) is 23.8 Å². The molecule has 0 amide bonds. The molecule has 1 aromatic carbocycles. The maximum Gasteiger partial charge on any atom is 0.176 e. The van der Waals surface area contributed by atoms with Crippen LogP contribution in [-0.2, 0) is 0 Å². The minimum absolute atomic E-state index is 0.128. The summed E-state index contributed by atoms with van der Waals surface area (Å²) in [5.41, 5.74) is 0.719. The Morgan fingerprint density at radius 3 is 2.89 bits per heavy atom. The summed E-state index contributed by atoms with van der Waals surface area (Å²) in [5, 5.41) is 3.22. The molecule has 0 unspecified atom stereocenters. The minimum atomic E-state index is 0.128. The van der Waals surface area contributed by atoms with Gasteiger partial charge < -0.3 is 10.1 Å². The summed E-state index contributed by atoms with van der Waals surface area (Å²) in [7, 11) is 0. The van der Waals surface area contributed by atoms with E-state index in [4.69, 9.17) is 4.74 Å². The van der Waals surface area contributed by atoms with Crippen molar-refractivity contribution in [1.29, 1.82) is 0 Å². The zero-order chi connectivity index (χ0) is 13.0. The van der Waals surface area contributed by atoms with Crippen molar-refractivity contribution in [1.82, 2.24) is 5.32 Å². The molecule has 2 rings (SSSR count). The Kier molecular flexibility index (Phi) is 4.37. The number of benzene rings is 1. The van der Waals surface area contributed by atoms with Crippen molar-refractivity contribution < 1.29 is 9.53 Å². The van der Waals surface area contributed by atoms with Gasteiger partial charge in [0, 0.05) is 5.56 Å². The first-order valence-corrected chi connectivity index (χ1v) is 6.66. The third-order valence-electron chi connectivity index (χ3n) is 2.94. The van der Waals surface area contributed by atoms with Crippen molar-refractivity contribution in [3.8, 4) is 5.75 Å². The summed E-state index contributed by atoms with van der Waals surface area (Å²) in [6.45, 7) is 5.34. The van der Waals surface area contributed by atoms with Gasteiger partial charge in [-0.25, -0.2) is 0 Å². The third kappa shape index (κ3) is 4.15. The highest BCUT2D eigenvalue weighted by Gasteiger charge is 2.20. The molecule has 1 aliphatic carbocycles. The normalized spacial score (nSPS) is 14.8. The van der Waals surface area contributed by atoms with E-state index in [1.165, 1.54) is 12.8 Å². The van der Waals surface area contributed by atoms with Crippen LogP contribution in [0.4, 0.5) is 0 Å². The van der Waals surface area contributed by atoms with Crippen LogP contribution in [0.3, 0.4) is 0 Å². The first-order chi connectivity index (χ1) is 8.65. The minimum Gasteiger partial charge on any atom is -0.491 e. The largest absolute Gasteiger partial charge is 0.491 e. The average Bonchev–Trinajstić information content (AvgIpc) is 3.12. The first-order valence-electron chi connectivity index (χ1n) is 6.66. The molecule has 1 N–H and O–H groups in total. The van der Waals surface area contributed by atoms with Crippen molar-refractivity contribution in [2.24, 2.45) is 5.92 Å². The van der Waals surface area contributed by atoms with Crippen LogP contribution in [0, 0.1) is 5.92 Å². The van der Waals surface area contributed by atoms with E-state index >= 15 is 0 Å². The van der Waals surface area contributed by atoms with Crippen LogP contribution in [0.5, 0.6) is 5.75 Å². The molecule has 1 aromatic rings. The zero-order valence-electron chi connectivity index (χ0n) is 11.1. The van der Waals surface area contributed by atoms with Crippen molar-refractivity contribution in [2.45, 2.75) is 32.8 Å². The van der Waals surface area contributed by atoms with E-state index in [9.17, 15) is 4.79 Å². The maximum absolute atomic E-state index is 12.0. The zero-order valence-corrected chi connectivity index (χ0v) is 11.1. The van der Waals surface area contributed by atoms with E-state index in [-0.39, 0.29) is 11.9 Å². The summed E-state index contributed by atoms with van der Waals surface area (Å²) < 4.78 is 5.59. The second kappa shape index (κ2) is 6.01. The first kappa shape index (κ1) is 13.1. The van der Waals surface area contributed by atoms with Gasteiger partial charge in [-0.3, -0.25) is 4.79 Å². The monoisotopic (exact) mass is 247 g/mol. The number of hydrogen-bond donors (Lipinski definition) is 1. The second-order valence-corrected chi connectivity index (χ2v) is 5.19. The van der Waals surface area contributed by atoms with Crippen LogP contribution < -0.4 is 10.1 Å². The average molecular weight is 247 g/mol. The molecule has 0 atom stereocenters. The predicted molar refractivity (Wildman–Crippen MR) is 72.1 cm³/mol. The fourth-order valence-electron chi connectivity index (χ4n) is 1.83. The summed E-state index contributed by atoms with van der Waals surface area (Å²) in [4.78, 5) is 12.0. The van der Waals surface area contributed by atoms with Crippen molar-refractivity contribution in [3.05, 3.63) is 29.8 Å². The number of nitrogens with one attached hydrogen (secondary N) is 1. The Morgan fingerprint density at radius 2 is 2.22 bits per heavy atom. The molecule has 0 bridgehead atoms. The number of Topliss-reactive ketones (excluding diaryl/α,β-unsaturated/α-hetero) is 1. The number of carbonyl (C=O) groups excluding carboxylic acids is 1. The van der Waals surface area contributed by atoms with Crippen LogP contribution in [0.1, 0.15) is 37.0 Å². The van der Waals surface area contributed by atoms with E-state index < -0.39 is 0 Å². The Labute approximate surface area is 109 Å². The lowest BCUT2D eigenvalue weighted by Crippen LogP contribution is -2.25. The molecule has 0 aliphatic heterocycles. The Hall–Kier alpha value is -1.35. The van der Waals surface area contributed by atoms with Gasteiger partial charge in [0.25, 0.3) is 0 Å². The Balaban J connectivity index is 1.87. The highest BCUT2D eigenvalue weighted by atomic mass is 16.5. The van der Waals surface area contributed by atoms with E-state index in [1.54, 1.807) is 0 Å². The molecule has 0 radical (unpaired) electrons. The van der Waals surface area contributed by atoms with Crippen LogP contribution in [0.15, 0.2) is 24.3 Å². The highest BCUT2D eigenvalue weighted by Crippen LogP contribution is 2.27. The van der Waals surface area contributed by atoms with Crippen molar-refractivity contribution in [2.75, 3.05) is 13.1 Å². The molecule has 1 aliphatic rings. The van der Waals surface area contributed by atoms with Gasteiger partial charge in [-0.1, -0.05) is 12.1 Å². The molecule has 18 heavy (non-hydrogen) atoms. The molecule has 1 fully saturated rings. The van der Waals surface area contributed by atoms with Gasteiger partial charge in [0.1, 0.15) is 5.75 Å². The number of rotatable bonds is 7. The molecule has 0 heterocycles. The topological polar surface area (TPSA) is 38.3 Å². The van der Waals surface area contributed by atoms with Gasteiger partial charge in [-0.2, -0.15) is 0 Å². The molecule has 3 nitrogen and oxygen atoms in total. The quantitative estimate of drug-likeness (QED) is 0.753. The van der Waals surface area contributed by atoms with Gasteiger partial charge in [0.15, 0.2) is 5.78 Å². The van der Waals surface area contributed by atoms with Crippen LogP contribution in [0.25, 0.3) is 0 Å². The van der Waals surface area contributed by atoms with Gasteiger partial charge >= 0.3 is 0 Å². The summed E-state index contributed by atoms with van der Waals surface area (Å²) >= 11 is 0. The summed E-state index contributed by atoms with van der Waals surface area (Å²) in [5.74, 6) is 1.69. The molecule has 0 aromatic heterocycles. The van der Waals surface area contributed by atoms with Gasteiger partial charge in [-0.15, -0.1) is 0 Å². The molecule has 0 spiro atoms. The molecule has 3 heteroatoms. The fraction of sp³-hybridized carbons (Fsp3) is 0.533. The molecule has 1 saturated carbocycles. The lowest BCUT2D eigenvalue weighted by atomic mass is 10.1. The lowest BCUT2D eigenvalue weighted by molar-refractivity contribution is 0.0990. The number of ketones is 1. The van der Waals surface area contributed by atoms with Crippen molar-refractivity contribution in [3.63, 3.8) is 0 Å².